The molecule has 118 valence electrons. The smallest absolute Gasteiger partial charge is 0.239 e. The lowest BCUT2D eigenvalue weighted by Gasteiger charge is -2.12. The summed E-state index contributed by atoms with van der Waals surface area (Å²) in [5, 5.41) is 6.82. The molecule has 0 saturated carbocycles. The molecule has 0 unspecified atom stereocenters. The Morgan fingerprint density at radius 3 is 3.00 bits per heavy atom. The molecular formula is C14H17N3O3S2. The predicted octanol–water partition coefficient (Wildman–Crippen LogP) is 1.32. The molecule has 1 aromatic carbocycles. The number of thiazole rings is 1. The lowest BCUT2D eigenvalue weighted by molar-refractivity contribution is -0.119. The molecule has 8 heteroatoms. The van der Waals surface area contributed by atoms with Crippen molar-refractivity contribution in [2.45, 2.75) is 19.4 Å². The van der Waals surface area contributed by atoms with Crippen molar-refractivity contribution in [3.63, 3.8) is 0 Å². The predicted molar refractivity (Wildman–Crippen MR) is 88.0 cm³/mol. The van der Waals surface area contributed by atoms with E-state index in [0.717, 1.165) is 20.9 Å². The summed E-state index contributed by atoms with van der Waals surface area (Å²) in [5.41, 5.74) is 1.80. The van der Waals surface area contributed by atoms with E-state index in [4.69, 9.17) is 0 Å². The van der Waals surface area contributed by atoms with E-state index in [2.05, 4.69) is 15.6 Å². The number of nitrogens with one attached hydrogen (secondary N) is 2. The van der Waals surface area contributed by atoms with Crippen molar-refractivity contribution in [3.05, 3.63) is 23.2 Å². The molecule has 1 fully saturated rings. The van der Waals surface area contributed by atoms with Crippen LogP contribution in [0.1, 0.15) is 11.4 Å². The molecule has 1 aliphatic rings. The van der Waals surface area contributed by atoms with Crippen LogP contribution in [0.25, 0.3) is 10.2 Å². The maximum Gasteiger partial charge on any atom is 0.239 e. The van der Waals surface area contributed by atoms with Gasteiger partial charge in [0.05, 0.1) is 33.3 Å². The van der Waals surface area contributed by atoms with Crippen molar-refractivity contribution < 1.29 is 13.2 Å². The highest BCUT2D eigenvalue weighted by Crippen LogP contribution is 2.24. The molecule has 0 spiro atoms. The van der Waals surface area contributed by atoms with Gasteiger partial charge in [-0.05, 0) is 31.5 Å². The summed E-state index contributed by atoms with van der Waals surface area (Å²) >= 11 is 1.61. The lowest BCUT2D eigenvalue weighted by Crippen LogP contribution is -2.39. The van der Waals surface area contributed by atoms with E-state index in [1.165, 1.54) is 0 Å². The fourth-order valence-corrected chi connectivity index (χ4v) is 5.06. The summed E-state index contributed by atoms with van der Waals surface area (Å²) in [6, 6.07) is 5.51. The summed E-state index contributed by atoms with van der Waals surface area (Å²) in [6.07, 6.45) is 0.500. The maximum atomic E-state index is 11.9. The van der Waals surface area contributed by atoms with E-state index in [1.54, 1.807) is 11.3 Å². The van der Waals surface area contributed by atoms with Crippen molar-refractivity contribution in [2.75, 3.05) is 23.4 Å². The Balaban J connectivity index is 1.55. The number of aryl methyl sites for hydroxylation is 1. The SMILES string of the molecule is Cc1nc2ccc(NCC(=O)N[C@@H]3CCS(=O)(=O)C3)cc2s1. The van der Waals surface area contributed by atoms with Crippen molar-refractivity contribution in [2.24, 2.45) is 0 Å². The summed E-state index contributed by atoms with van der Waals surface area (Å²) in [5.74, 6) is 0.0140. The number of rotatable bonds is 4. The molecule has 1 amide bonds. The number of carbonyl (C=O) groups excluding carboxylic acids is 1. The number of aromatic nitrogens is 1. The van der Waals surface area contributed by atoms with Gasteiger partial charge in [-0.25, -0.2) is 13.4 Å². The summed E-state index contributed by atoms with van der Waals surface area (Å²) < 4.78 is 23.8. The molecule has 6 nitrogen and oxygen atoms in total. The van der Waals surface area contributed by atoms with Crippen LogP contribution >= 0.6 is 11.3 Å². The summed E-state index contributed by atoms with van der Waals surface area (Å²) in [4.78, 5) is 16.3. The molecule has 3 rings (SSSR count). The highest BCUT2D eigenvalue weighted by Gasteiger charge is 2.28. The molecule has 1 aromatic heterocycles. The van der Waals surface area contributed by atoms with Crippen molar-refractivity contribution in [1.82, 2.24) is 10.3 Å². The first-order valence-corrected chi connectivity index (χ1v) is 9.66. The quantitative estimate of drug-likeness (QED) is 0.877. The fraction of sp³-hybridized carbons (Fsp3) is 0.429. The molecule has 2 heterocycles. The van der Waals surface area contributed by atoms with Gasteiger partial charge in [-0.1, -0.05) is 0 Å². The van der Waals surface area contributed by atoms with Gasteiger partial charge in [0.25, 0.3) is 0 Å². The number of hydrogen-bond acceptors (Lipinski definition) is 6. The van der Waals surface area contributed by atoms with Crippen molar-refractivity contribution in [1.29, 1.82) is 0 Å². The molecule has 1 atom stereocenters. The highest BCUT2D eigenvalue weighted by atomic mass is 32.2. The zero-order chi connectivity index (χ0) is 15.7. The van der Waals surface area contributed by atoms with Crippen LogP contribution in [0.4, 0.5) is 5.69 Å². The van der Waals surface area contributed by atoms with E-state index in [9.17, 15) is 13.2 Å². The second-order valence-electron chi connectivity index (χ2n) is 5.44. The Labute approximate surface area is 132 Å². The first-order chi connectivity index (χ1) is 10.4. The lowest BCUT2D eigenvalue weighted by atomic mass is 10.2. The number of anilines is 1. The normalized spacial score (nSPS) is 20.1. The van der Waals surface area contributed by atoms with Gasteiger partial charge in [-0.15, -0.1) is 11.3 Å². The Morgan fingerprint density at radius 2 is 2.27 bits per heavy atom. The molecule has 1 saturated heterocycles. The number of carbonyl (C=O) groups is 1. The number of hydrogen-bond donors (Lipinski definition) is 2. The van der Waals surface area contributed by atoms with Gasteiger partial charge in [0.1, 0.15) is 0 Å². The fourth-order valence-electron chi connectivity index (χ4n) is 2.52. The van der Waals surface area contributed by atoms with Gasteiger partial charge in [-0.2, -0.15) is 0 Å². The third kappa shape index (κ3) is 3.56. The molecule has 1 aliphatic heterocycles. The van der Waals surface area contributed by atoms with E-state index in [-0.39, 0.29) is 30.0 Å². The molecule has 0 radical (unpaired) electrons. The maximum absolute atomic E-state index is 11.9. The zero-order valence-corrected chi connectivity index (χ0v) is 13.8. The van der Waals surface area contributed by atoms with Crippen LogP contribution in [0.15, 0.2) is 18.2 Å². The van der Waals surface area contributed by atoms with Gasteiger partial charge in [0, 0.05) is 11.7 Å². The average Bonchev–Trinajstić information content (AvgIpc) is 2.97. The molecule has 0 bridgehead atoms. The van der Waals surface area contributed by atoms with Crippen LogP contribution in [0, 0.1) is 6.92 Å². The number of sulfone groups is 1. The second-order valence-corrected chi connectivity index (χ2v) is 8.90. The van der Waals surface area contributed by atoms with Crippen LogP contribution in [0.5, 0.6) is 0 Å². The Bertz CT molecular complexity index is 814. The molecule has 2 aromatic rings. The highest BCUT2D eigenvalue weighted by molar-refractivity contribution is 7.91. The van der Waals surface area contributed by atoms with Gasteiger partial charge in [-0.3, -0.25) is 4.79 Å². The zero-order valence-electron chi connectivity index (χ0n) is 12.1. The van der Waals surface area contributed by atoms with E-state index >= 15 is 0 Å². The van der Waals surface area contributed by atoms with E-state index < -0.39 is 9.84 Å². The Kier molecular flexibility index (Phi) is 4.05. The third-order valence-electron chi connectivity index (χ3n) is 3.55. The number of amides is 1. The summed E-state index contributed by atoms with van der Waals surface area (Å²) in [7, 11) is -2.97. The van der Waals surface area contributed by atoms with Gasteiger partial charge >= 0.3 is 0 Å². The van der Waals surface area contributed by atoms with Crippen molar-refractivity contribution >= 4 is 43.0 Å². The molecule has 2 N–H and O–H groups in total. The van der Waals surface area contributed by atoms with E-state index in [1.807, 2.05) is 25.1 Å². The van der Waals surface area contributed by atoms with Gasteiger partial charge in [0.15, 0.2) is 9.84 Å². The van der Waals surface area contributed by atoms with Crippen LogP contribution in [-0.2, 0) is 14.6 Å². The topological polar surface area (TPSA) is 88.2 Å². The molecule has 0 aliphatic carbocycles. The van der Waals surface area contributed by atoms with E-state index in [0.29, 0.717) is 6.42 Å². The Hall–Kier alpha value is -1.67. The van der Waals surface area contributed by atoms with Crippen LogP contribution < -0.4 is 10.6 Å². The molecule has 22 heavy (non-hydrogen) atoms. The van der Waals surface area contributed by atoms with Crippen molar-refractivity contribution in [3.8, 4) is 0 Å². The second kappa shape index (κ2) is 5.85. The van der Waals surface area contributed by atoms with Crippen LogP contribution in [0.3, 0.4) is 0 Å². The number of benzene rings is 1. The van der Waals surface area contributed by atoms with Gasteiger partial charge < -0.3 is 10.6 Å². The minimum atomic E-state index is -2.97. The third-order valence-corrected chi connectivity index (χ3v) is 6.25. The molecular weight excluding hydrogens is 322 g/mol. The monoisotopic (exact) mass is 339 g/mol. The average molecular weight is 339 g/mol. The standard InChI is InChI=1S/C14H17N3O3S2/c1-9-16-12-3-2-10(6-13(12)21-9)15-7-14(18)17-11-4-5-22(19,20)8-11/h2-3,6,11,15H,4-5,7-8H2,1H3,(H,17,18)/t11-/m1/s1. The summed E-state index contributed by atoms with van der Waals surface area (Å²) in [6.45, 7) is 2.08. The minimum Gasteiger partial charge on any atom is -0.376 e. The van der Waals surface area contributed by atoms with Crippen LogP contribution in [0.2, 0.25) is 0 Å². The number of nitrogens with zero attached hydrogens (tertiary/aromatic N) is 1. The first kappa shape index (κ1) is 15.2. The minimum absolute atomic E-state index is 0.0465. The van der Waals surface area contributed by atoms with Crippen LogP contribution in [-0.4, -0.2) is 43.4 Å². The first-order valence-electron chi connectivity index (χ1n) is 7.02. The van der Waals surface area contributed by atoms with Gasteiger partial charge in [0.2, 0.25) is 5.91 Å². The Morgan fingerprint density at radius 1 is 1.45 bits per heavy atom. The largest absolute Gasteiger partial charge is 0.376 e. The number of fused-ring (bicyclic) bond motifs is 1.